The highest BCUT2D eigenvalue weighted by Crippen LogP contribution is 2.31. The van der Waals surface area contributed by atoms with E-state index in [0.717, 1.165) is 18.8 Å². The second-order valence-electron chi connectivity index (χ2n) is 7.26. The van der Waals surface area contributed by atoms with Crippen molar-refractivity contribution in [1.82, 2.24) is 9.55 Å². The summed E-state index contributed by atoms with van der Waals surface area (Å²) in [5.41, 5.74) is 0. The molecule has 28 heavy (non-hydrogen) atoms. The average molecular weight is 413 g/mol. The number of carboxylic acids is 2. The van der Waals surface area contributed by atoms with Crippen molar-refractivity contribution < 1.29 is 19.8 Å². The van der Waals surface area contributed by atoms with Gasteiger partial charge in [0.15, 0.2) is 0 Å². The molecule has 0 bridgehead atoms. The molecule has 0 saturated heterocycles. The van der Waals surface area contributed by atoms with Gasteiger partial charge in [-0.3, -0.25) is 9.59 Å². The summed E-state index contributed by atoms with van der Waals surface area (Å²) in [5.74, 6) is -0.622. The molecule has 0 aromatic carbocycles. The molecule has 1 rings (SSSR count). The molecule has 0 aliphatic rings. The highest BCUT2D eigenvalue weighted by molar-refractivity contribution is 7.99. The van der Waals surface area contributed by atoms with Gasteiger partial charge in [0.25, 0.3) is 0 Å². The standard InChI is InChI=1S/C21H36N2O4S/c1-2-3-4-5-6-7-8-9-10-11-14-23-15-13-22-21(23)18(17-20(26)27)28-16-12-19(24)25/h13,15,18H,2-12,14,16-17H2,1H3,(H,24,25)(H,26,27). The van der Waals surface area contributed by atoms with Crippen LogP contribution in [-0.4, -0.2) is 37.5 Å². The van der Waals surface area contributed by atoms with Gasteiger partial charge in [-0.05, 0) is 6.42 Å². The number of nitrogens with zero attached hydrogens (tertiary/aromatic N) is 2. The lowest BCUT2D eigenvalue weighted by molar-refractivity contribution is -0.137. The topological polar surface area (TPSA) is 92.4 Å². The zero-order valence-electron chi connectivity index (χ0n) is 17.1. The van der Waals surface area contributed by atoms with Crippen LogP contribution in [0.2, 0.25) is 0 Å². The van der Waals surface area contributed by atoms with E-state index in [1.54, 1.807) is 6.20 Å². The Morgan fingerprint density at radius 3 is 2.18 bits per heavy atom. The van der Waals surface area contributed by atoms with Crippen molar-refractivity contribution >= 4 is 23.7 Å². The lowest BCUT2D eigenvalue weighted by Gasteiger charge is -2.16. The van der Waals surface area contributed by atoms with E-state index in [2.05, 4.69) is 11.9 Å². The van der Waals surface area contributed by atoms with Gasteiger partial charge in [0.1, 0.15) is 5.82 Å². The maximum Gasteiger partial charge on any atom is 0.304 e. The van der Waals surface area contributed by atoms with Crippen LogP contribution in [0.1, 0.15) is 95.0 Å². The Labute approximate surface area is 173 Å². The number of carboxylic acid groups (broad SMARTS) is 2. The van der Waals surface area contributed by atoms with Gasteiger partial charge in [0.2, 0.25) is 0 Å². The smallest absolute Gasteiger partial charge is 0.304 e. The molecule has 0 aliphatic carbocycles. The Balaban J connectivity index is 2.33. The van der Waals surface area contributed by atoms with Crippen molar-refractivity contribution in [3.63, 3.8) is 0 Å². The van der Waals surface area contributed by atoms with Crippen molar-refractivity contribution in [2.75, 3.05) is 5.75 Å². The van der Waals surface area contributed by atoms with E-state index in [1.807, 2.05) is 10.8 Å². The summed E-state index contributed by atoms with van der Waals surface area (Å²) in [5, 5.41) is 17.7. The summed E-state index contributed by atoms with van der Waals surface area (Å²) in [6.07, 6.45) is 16.4. The number of hydrogen-bond donors (Lipinski definition) is 2. The minimum absolute atomic E-state index is 0.0277. The van der Waals surface area contributed by atoms with Crippen LogP contribution in [0.4, 0.5) is 0 Å². The van der Waals surface area contributed by atoms with Gasteiger partial charge in [0.05, 0.1) is 18.1 Å². The molecule has 1 heterocycles. The van der Waals surface area contributed by atoms with Crippen molar-refractivity contribution in [2.45, 2.75) is 95.8 Å². The summed E-state index contributed by atoms with van der Waals surface area (Å²) >= 11 is 1.36. The molecule has 2 N–H and O–H groups in total. The molecule has 0 amide bonds. The van der Waals surface area contributed by atoms with Crippen LogP contribution in [0.15, 0.2) is 12.4 Å². The second-order valence-corrected chi connectivity index (χ2v) is 8.57. The van der Waals surface area contributed by atoms with Crippen molar-refractivity contribution in [3.8, 4) is 0 Å². The summed E-state index contributed by atoms with van der Waals surface area (Å²) in [7, 11) is 0. The summed E-state index contributed by atoms with van der Waals surface area (Å²) in [4.78, 5) is 26.3. The Kier molecular flexibility index (Phi) is 13.5. The first-order valence-electron chi connectivity index (χ1n) is 10.6. The Hall–Kier alpha value is -1.50. The summed E-state index contributed by atoms with van der Waals surface area (Å²) in [6.45, 7) is 3.08. The van der Waals surface area contributed by atoms with Gasteiger partial charge < -0.3 is 14.8 Å². The Morgan fingerprint density at radius 2 is 1.61 bits per heavy atom. The summed E-state index contributed by atoms with van der Waals surface area (Å²) in [6, 6.07) is 0. The van der Waals surface area contributed by atoms with Gasteiger partial charge in [-0.1, -0.05) is 64.7 Å². The lowest BCUT2D eigenvalue weighted by Crippen LogP contribution is -2.12. The number of aromatic nitrogens is 2. The zero-order chi connectivity index (χ0) is 20.6. The van der Waals surface area contributed by atoms with Crippen LogP contribution in [0.3, 0.4) is 0 Å². The largest absolute Gasteiger partial charge is 0.481 e. The molecule has 0 spiro atoms. The third-order valence-electron chi connectivity index (χ3n) is 4.78. The molecule has 1 unspecified atom stereocenters. The van der Waals surface area contributed by atoms with E-state index in [-0.39, 0.29) is 18.1 Å². The number of unbranched alkanes of at least 4 members (excludes halogenated alkanes) is 9. The molecule has 1 atom stereocenters. The molecular weight excluding hydrogens is 376 g/mol. The molecule has 6 nitrogen and oxygen atoms in total. The maximum atomic E-state index is 11.2. The molecule has 0 fully saturated rings. The number of carbonyl (C=O) groups is 2. The number of aryl methyl sites for hydroxylation is 1. The monoisotopic (exact) mass is 412 g/mol. The predicted octanol–water partition coefficient (Wildman–Crippen LogP) is 5.53. The molecule has 0 radical (unpaired) electrons. The number of imidazole rings is 1. The van der Waals surface area contributed by atoms with Crippen LogP contribution < -0.4 is 0 Å². The Bertz CT molecular complexity index is 562. The quantitative estimate of drug-likeness (QED) is 0.308. The van der Waals surface area contributed by atoms with Crippen LogP contribution in [0, 0.1) is 0 Å². The van der Waals surface area contributed by atoms with Crippen molar-refractivity contribution in [2.24, 2.45) is 0 Å². The first kappa shape index (κ1) is 24.5. The van der Waals surface area contributed by atoms with Crippen LogP contribution in [0.5, 0.6) is 0 Å². The molecule has 0 aliphatic heterocycles. The van der Waals surface area contributed by atoms with Gasteiger partial charge >= 0.3 is 11.9 Å². The molecule has 7 heteroatoms. The fourth-order valence-corrected chi connectivity index (χ4v) is 4.42. The number of rotatable bonds is 18. The van der Waals surface area contributed by atoms with E-state index >= 15 is 0 Å². The van der Waals surface area contributed by atoms with Gasteiger partial charge in [-0.25, -0.2) is 4.98 Å². The SMILES string of the molecule is CCCCCCCCCCCCn1ccnc1C(CC(=O)O)SCCC(=O)O. The third kappa shape index (κ3) is 11.4. The number of aliphatic carboxylic acids is 2. The van der Waals surface area contributed by atoms with E-state index in [9.17, 15) is 14.7 Å². The first-order valence-corrected chi connectivity index (χ1v) is 11.7. The second kappa shape index (κ2) is 15.4. The molecule has 0 saturated carbocycles. The minimum Gasteiger partial charge on any atom is -0.481 e. The molecule has 1 aromatic heterocycles. The number of hydrogen-bond acceptors (Lipinski definition) is 4. The van der Waals surface area contributed by atoms with Gasteiger partial charge in [-0.2, -0.15) is 0 Å². The van der Waals surface area contributed by atoms with Crippen LogP contribution in [0.25, 0.3) is 0 Å². The predicted molar refractivity (Wildman–Crippen MR) is 114 cm³/mol. The fraction of sp³-hybridized carbons (Fsp3) is 0.762. The highest BCUT2D eigenvalue weighted by Gasteiger charge is 2.21. The van der Waals surface area contributed by atoms with Crippen LogP contribution in [-0.2, 0) is 16.1 Å². The Morgan fingerprint density at radius 1 is 1.00 bits per heavy atom. The summed E-state index contributed by atoms with van der Waals surface area (Å²) < 4.78 is 2.03. The maximum absolute atomic E-state index is 11.2. The lowest BCUT2D eigenvalue weighted by atomic mass is 10.1. The minimum atomic E-state index is -0.888. The van der Waals surface area contributed by atoms with Gasteiger partial charge in [0, 0.05) is 24.7 Å². The van der Waals surface area contributed by atoms with Crippen molar-refractivity contribution in [3.05, 3.63) is 18.2 Å². The highest BCUT2D eigenvalue weighted by atomic mass is 32.2. The normalized spacial score (nSPS) is 12.2. The van der Waals surface area contributed by atoms with Crippen molar-refractivity contribution in [1.29, 1.82) is 0 Å². The molecular formula is C21H36N2O4S. The van der Waals surface area contributed by atoms with E-state index in [1.165, 1.54) is 69.5 Å². The fourth-order valence-electron chi connectivity index (χ4n) is 3.24. The molecule has 160 valence electrons. The average Bonchev–Trinajstić information content (AvgIpc) is 3.10. The molecule has 1 aromatic rings. The number of thioether (sulfide) groups is 1. The van der Waals surface area contributed by atoms with E-state index in [4.69, 9.17) is 5.11 Å². The van der Waals surface area contributed by atoms with E-state index < -0.39 is 11.9 Å². The third-order valence-corrected chi connectivity index (χ3v) is 6.00. The first-order chi connectivity index (χ1) is 13.5. The van der Waals surface area contributed by atoms with E-state index in [0.29, 0.717) is 5.75 Å². The zero-order valence-corrected chi connectivity index (χ0v) is 18.0. The van der Waals surface area contributed by atoms with Gasteiger partial charge in [-0.15, -0.1) is 11.8 Å². The van der Waals surface area contributed by atoms with Crippen LogP contribution >= 0.6 is 11.8 Å².